The number of hydrogen-bond donors (Lipinski definition) is 1. The van der Waals surface area contributed by atoms with Crippen molar-refractivity contribution in [3.8, 4) is 0 Å². The van der Waals surface area contributed by atoms with Crippen molar-refractivity contribution in [2.24, 2.45) is 0 Å². The third-order valence-corrected chi connectivity index (χ3v) is 3.93. The highest BCUT2D eigenvalue weighted by atomic mass is 16.3. The Bertz CT molecular complexity index is 726. The topological polar surface area (TPSA) is 58.6 Å². The van der Waals surface area contributed by atoms with E-state index in [2.05, 4.69) is 12.2 Å². The van der Waals surface area contributed by atoms with Crippen LogP contribution in [0.3, 0.4) is 0 Å². The Morgan fingerprint density at radius 3 is 2.04 bits per heavy atom. The van der Waals surface area contributed by atoms with E-state index in [1.165, 1.54) is 5.56 Å². The van der Waals surface area contributed by atoms with E-state index in [0.717, 1.165) is 23.6 Å². The predicted molar refractivity (Wildman–Crippen MR) is 96.0 cm³/mol. The van der Waals surface area contributed by atoms with Gasteiger partial charge in [-0.1, -0.05) is 19.1 Å². The number of nitrogens with zero attached hydrogens (tertiary/aromatic N) is 1. The van der Waals surface area contributed by atoms with Gasteiger partial charge in [-0.15, -0.1) is 0 Å². The van der Waals surface area contributed by atoms with Crippen LogP contribution >= 0.6 is 0 Å². The minimum atomic E-state index is -0.0673. The molecule has 5 heteroatoms. The highest BCUT2D eigenvalue weighted by Gasteiger charge is 2.15. The van der Waals surface area contributed by atoms with Crippen LogP contribution in [0, 0.1) is 0 Å². The zero-order chi connectivity index (χ0) is 17.5. The summed E-state index contributed by atoms with van der Waals surface area (Å²) in [6.07, 6.45) is 4.25. The van der Waals surface area contributed by atoms with Gasteiger partial charge in [0.2, 0.25) is 5.91 Å². The van der Waals surface area contributed by atoms with Crippen LogP contribution < -0.4 is 5.32 Å². The van der Waals surface area contributed by atoms with Crippen molar-refractivity contribution in [3.05, 3.63) is 78.1 Å². The molecule has 0 bridgehead atoms. The molecule has 130 valence electrons. The number of benzene rings is 1. The Kier molecular flexibility index (Phi) is 5.69. The molecule has 0 unspecified atom stereocenters. The van der Waals surface area contributed by atoms with Crippen molar-refractivity contribution < 1.29 is 13.6 Å². The zero-order valence-electron chi connectivity index (χ0n) is 14.3. The number of anilines is 1. The van der Waals surface area contributed by atoms with Crippen molar-refractivity contribution in [2.75, 3.05) is 11.9 Å². The highest BCUT2D eigenvalue weighted by Crippen LogP contribution is 2.13. The minimum absolute atomic E-state index is 0.0673. The van der Waals surface area contributed by atoms with Gasteiger partial charge in [0.25, 0.3) is 0 Å². The first-order chi connectivity index (χ1) is 12.2. The third kappa shape index (κ3) is 5.09. The lowest BCUT2D eigenvalue weighted by Crippen LogP contribution is -2.32. The SMILES string of the molecule is CCc1ccc(NC(=O)CN(Cc2ccco2)Cc2ccco2)cc1. The molecule has 2 heterocycles. The zero-order valence-corrected chi connectivity index (χ0v) is 14.3. The largest absolute Gasteiger partial charge is 0.468 e. The maximum absolute atomic E-state index is 12.4. The average molecular weight is 338 g/mol. The third-order valence-electron chi connectivity index (χ3n) is 3.93. The second kappa shape index (κ2) is 8.35. The first-order valence-corrected chi connectivity index (χ1v) is 8.39. The molecule has 25 heavy (non-hydrogen) atoms. The maximum atomic E-state index is 12.4. The molecule has 3 aromatic rings. The normalized spacial score (nSPS) is 11.0. The van der Waals surface area contributed by atoms with Crippen LogP contribution in [0.25, 0.3) is 0 Å². The summed E-state index contributed by atoms with van der Waals surface area (Å²) in [5.74, 6) is 1.56. The lowest BCUT2D eigenvalue weighted by molar-refractivity contribution is -0.117. The summed E-state index contributed by atoms with van der Waals surface area (Å²) in [4.78, 5) is 14.4. The quantitative estimate of drug-likeness (QED) is 0.672. The van der Waals surface area contributed by atoms with Gasteiger partial charge in [-0.3, -0.25) is 9.69 Å². The van der Waals surface area contributed by atoms with Gasteiger partial charge in [0.05, 0.1) is 32.2 Å². The van der Waals surface area contributed by atoms with E-state index in [1.54, 1.807) is 12.5 Å². The van der Waals surface area contributed by atoms with Crippen molar-refractivity contribution in [1.82, 2.24) is 4.90 Å². The van der Waals surface area contributed by atoms with Crippen molar-refractivity contribution in [2.45, 2.75) is 26.4 Å². The summed E-state index contributed by atoms with van der Waals surface area (Å²) in [6.45, 7) is 3.43. The van der Waals surface area contributed by atoms with Crippen molar-refractivity contribution >= 4 is 11.6 Å². The summed E-state index contributed by atoms with van der Waals surface area (Å²) in [7, 11) is 0. The molecule has 5 nitrogen and oxygen atoms in total. The van der Waals surface area contributed by atoms with Crippen molar-refractivity contribution in [1.29, 1.82) is 0 Å². The number of carbonyl (C=O) groups excluding carboxylic acids is 1. The summed E-state index contributed by atoms with van der Waals surface area (Å²) in [5.41, 5.74) is 2.05. The molecule has 1 N–H and O–H groups in total. The Morgan fingerprint density at radius 1 is 0.960 bits per heavy atom. The molecule has 0 aliphatic heterocycles. The van der Waals surface area contributed by atoms with Gasteiger partial charge in [0, 0.05) is 5.69 Å². The maximum Gasteiger partial charge on any atom is 0.238 e. The summed E-state index contributed by atoms with van der Waals surface area (Å²) in [6, 6.07) is 15.4. The van der Waals surface area contributed by atoms with Gasteiger partial charge in [-0.25, -0.2) is 0 Å². The summed E-state index contributed by atoms with van der Waals surface area (Å²) < 4.78 is 10.8. The molecule has 0 spiro atoms. The number of nitrogens with one attached hydrogen (secondary N) is 1. The van der Waals surface area contributed by atoms with Crippen LogP contribution in [-0.4, -0.2) is 17.4 Å². The molecule has 1 aromatic carbocycles. The number of furan rings is 2. The average Bonchev–Trinajstić information content (AvgIpc) is 3.29. The van der Waals surface area contributed by atoms with Crippen molar-refractivity contribution in [3.63, 3.8) is 0 Å². The fourth-order valence-electron chi connectivity index (χ4n) is 2.64. The fraction of sp³-hybridized carbons (Fsp3) is 0.250. The number of rotatable bonds is 8. The molecule has 0 saturated carbocycles. The number of carbonyl (C=O) groups is 1. The first kappa shape index (κ1) is 17.0. The predicted octanol–water partition coefficient (Wildman–Crippen LogP) is 4.08. The molecular weight excluding hydrogens is 316 g/mol. The van der Waals surface area contributed by atoms with Crippen LogP contribution in [0.15, 0.2) is 69.9 Å². The Labute approximate surface area is 147 Å². The molecule has 1 amide bonds. The smallest absolute Gasteiger partial charge is 0.238 e. The van der Waals surface area contributed by atoms with Gasteiger partial charge < -0.3 is 14.2 Å². The van der Waals surface area contributed by atoms with Crippen LogP contribution in [0.4, 0.5) is 5.69 Å². The van der Waals surface area contributed by atoms with E-state index in [-0.39, 0.29) is 12.5 Å². The van der Waals surface area contributed by atoms with Crippen LogP contribution in [0.5, 0.6) is 0 Å². The molecule has 3 rings (SSSR count). The minimum Gasteiger partial charge on any atom is -0.468 e. The van der Waals surface area contributed by atoms with E-state index in [4.69, 9.17) is 8.83 Å². The van der Waals surface area contributed by atoms with Gasteiger partial charge >= 0.3 is 0 Å². The van der Waals surface area contributed by atoms with Crippen LogP contribution in [-0.2, 0) is 24.3 Å². The molecule has 2 aromatic heterocycles. The van der Waals surface area contributed by atoms with E-state index in [0.29, 0.717) is 13.1 Å². The second-order valence-electron chi connectivity index (χ2n) is 5.90. The van der Waals surface area contributed by atoms with Gasteiger partial charge in [0.1, 0.15) is 11.5 Å². The number of aryl methyl sites for hydroxylation is 1. The van der Waals surface area contributed by atoms with Crippen LogP contribution in [0.2, 0.25) is 0 Å². The molecule has 0 fully saturated rings. The summed E-state index contributed by atoms with van der Waals surface area (Å²) in [5, 5.41) is 2.94. The lowest BCUT2D eigenvalue weighted by Gasteiger charge is -2.19. The second-order valence-corrected chi connectivity index (χ2v) is 5.90. The van der Waals surface area contributed by atoms with Gasteiger partial charge in [0.15, 0.2) is 0 Å². The molecular formula is C20H22N2O3. The van der Waals surface area contributed by atoms with E-state index in [1.807, 2.05) is 53.4 Å². The summed E-state index contributed by atoms with van der Waals surface area (Å²) >= 11 is 0. The fourth-order valence-corrected chi connectivity index (χ4v) is 2.64. The lowest BCUT2D eigenvalue weighted by atomic mass is 10.1. The van der Waals surface area contributed by atoms with E-state index >= 15 is 0 Å². The number of amides is 1. The Hall–Kier alpha value is -2.79. The van der Waals surface area contributed by atoms with Gasteiger partial charge in [-0.05, 0) is 48.4 Å². The monoisotopic (exact) mass is 338 g/mol. The Balaban J connectivity index is 1.62. The Morgan fingerprint density at radius 2 is 1.56 bits per heavy atom. The van der Waals surface area contributed by atoms with E-state index in [9.17, 15) is 4.79 Å². The standard InChI is InChI=1S/C20H22N2O3/c1-2-16-7-9-17(10-8-16)21-20(23)15-22(13-18-5-3-11-24-18)14-19-6-4-12-25-19/h3-12H,2,13-15H2,1H3,(H,21,23). The molecule has 0 saturated heterocycles. The number of hydrogen-bond acceptors (Lipinski definition) is 4. The first-order valence-electron chi connectivity index (χ1n) is 8.39. The van der Waals surface area contributed by atoms with Crippen LogP contribution in [0.1, 0.15) is 24.0 Å². The van der Waals surface area contributed by atoms with Gasteiger partial charge in [-0.2, -0.15) is 0 Å². The molecule has 0 aliphatic carbocycles. The van der Waals surface area contributed by atoms with E-state index < -0.39 is 0 Å². The molecule has 0 radical (unpaired) electrons. The highest BCUT2D eigenvalue weighted by molar-refractivity contribution is 5.92. The molecule has 0 atom stereocenters. The molecule has 0 aliphatic rings.